The van der Waals surface area contributed by atoms with Crippen LogP contribution in [0.3, 0.4) is 0 Å². The Morgan fingerprint density at radius 3 is 2.44 bits per heavy atom. The van der Waals surface area contributed by atoms with Gasteiger partial charge in [0.05, 0.1) is 13.2 Å². The van der Waals surface area contributed by atoms with Gasteiger partial charge in [0.2, 0.25) is 0 Å². The second-order valence-electron chi connectivity index (χ2n) is 7.56. The Labute approximate surface area is 183 Å². The first-order valence-electron chi connectivity index (χ1n) is 10.7. The fourth-order valence-corrected chi connectivity index (χ4v) is 4.05. The van der Waals surface area contributed by atoms with Crippen LogP contribution in [-0.4, -0.2) is 76.1 Å². The Bertz CT molecular complexity index is 397. The summed E-state index contributed by atoms with van der Waals surface area (Å²) in [6, 6.07) is 0. The summed E-state index contributed by atoms with van der Waals surface area (Å²) in [5, 5.41) is 7.04. The standard InChI is InChI=1S/C20H40N4O2.HI/c1-3-4-14-25-15-8-11-22-19(21-2)23-18-20(9-6-5-7-10-20)24-12-16-26-17-13-24;/h3-18H2,1-2H3,(H2,21,22,23);1H. The number of nitrogens with zero attached hydrogens (tertiary/aromatic N) is 2. The molecule has 0 aromatic rings. The van der Waals surface area contributed by atoms with E-state index in [0.29, 0.717) is 0 Å². The summed E-state index contributed by atoms with van der Waals surface area (Å²) in [7, 11) is 1.86. The van der Waals surface area contributed by atoms with Crippen LogP contribution in [0.25, 0.3) is 0 Å². The van der Waals surface area contributed by atoms with Crippen LogP contribution in [0.15, 0.2) is 4.99 Å². The second-order valence-corrected chi connectivity index (χ2v) is 7.56. The van der Waals surface area contributed by atoms with Crippen LogP contribution in [0.5, 0.6) is 0 Å². The number of rotatable bonds is 10. The van der Waals surface area contributed by atoms with E-state index in [1.54, 1.807) is 0 Å². The number of hydrogen-bond donors (Lipinski definition) is 2. The lowest BCUT2D eigenvalue weighted by Gasteiger charge is -2.48. The highest BCUT2D eigenvalue weighted by Crippen LogP contribution is 2.33. The molecule has 6 nitrogen and oxygen atoms in total. The normalized spacial score (nSPS) is 20.7. The number of guanidine groups is 1. The maximum Gasteiger partial charge on any atom is 0.191 e. The van der Waals surface area contributed by atoms with Gasteiger partial charge in [-0.3, -0.25) is 9.89 Å². The van der Waals surface area contributed by atoms with Crippen molar-refractivity contribution >= 4 is 29.9 Å². The molecule has 0 spiro atoms. The third-order valence-corrected chi connectivity index (χ3v) is 5.67. The largest absolute Gasteiger partial charge is 0.381 e. The maximum atomic E-state index is 5.62. The lowest BCUT2D eigenvalue weighted by atomic mass is 9.80. The number of hydrogen-bond acceptors (Lipinski definition) is 4. The smallest absolute Gasteiger partial charge is 0.191 e. The topological polar surface area (TPSA) is 58.1 Å². The molecular weight excluding hydrogens is 455 g/mol. The molecule has 1 aliphatic heterocycles. The van der Waals surface area contributed by atoms with Gasteiger partial charge in [0.1, 0.15) is 0 Å². The van der Waals surface area contributed by atoms with Gasteiger partial charge in [-0.1, -0.05) is 32.6 Å². The summed E-state index contributed by atoms with van der Waals surface area (Å²) < 4.78 is 11.2. The molecule has 160 valence electrons. The summed E-state index contributed by atoms with van der Waals surface area (Å²) in [4.78, 5) is 7.07. The van der Waals surface area contributed by atoms with Crippen LogP contribution in [0.1, 0.15) is 58.3 Å². The van der Waals surface area contributed by atoms with Crippen molar-refractivity contribution < 1.29 is 9.47 Å². The van der Waals surface area contributed by atoms with E-state index >= 15 is 0 Å². The number of nitrogens with one attached hydrogen (secondary N) is 2. The molecule has 0 unspecified atom stereocenters. The van der Waals surface area contributed by atoms with Gasteiger partial charge in [-0.25, -0.2) is 0 Å². The van der Waals surface area contributed by atoms with E-state index in [4.69, 9.17) is 9.47 Å². The summed E-state index contributed by atoms with van der Waals surface area (Å²) in [6.45, 7) is 9.62. The first-order valence-corrected chi connectivity index (χ1v) is 10.7. The number of unbranched alkanes of at least 4 members (excludes halogenated alkanes) is 1. The summed E-state index contributed by atoms with van der Waals surface area (Å²) in [6.07, 6.45) is 9.96. The van der Waals surface area contributed by atoms with Crippen molar-refractivity contribution in [3.63, 3.8) is 0 Å². The van der Waals surface area contributed by atoms with E-state index in [1.807, 2.05) is 7.05 Å². The third kappa shape index (κ3) is 8.83. The van der Waals surface area contributed by atoms with E-state index in [1.165, 1.54) is 38.5 Å². The first-order chi connectivity index (χ1) is 12.8. The van der Waals surface area contributed by atoms with Crippen molar-refractivity contribution in [2.75, 3.05) is 59.7 Å². The van der Waals surface area contributed by atoms with E-state index in [9.17, 15) is 0 Å². The predicted molar refractivity (Wildman–Crippen MR) is 123 cm³/mol. The molecule has 1 heterocycles. The fraction of sp³-hybridized carbons (Fsp3) is 0.950. The molecule has 2 aliphatic rings. The van der Waals surface area contributed by atoms with Crippen molar-refractivity contribution in [3.8, 4) is 0 Å². The summed E-state index contributed by atoms with van der Waals surface area (Å²) >= 11 is 0. The van der Waals surface area contributed by atoms with Gasteiger partial charge in [-0.15, -0.1) is 24.0 Å². The van der Waals surface area contributed by atoms with E-state index in [2.05, 4.69) is 27.4 Å². The molecule has 0 radical (unpaired) electrons. The maximum absolute atomic E-state index is 5.62. The highest BCUT2D eigenvalue weighted by Gasteiger charge is 2.38. The number of aliphatic imine (C=N–C) groups is 1. The Morgan fingerprint density at radius 2 is 1.78 bits per heavy atom. The molecule has 27 heavy (non-hydrogen) atoms. The summed E-state index contributed by atoms with van der Waals surface area (Å²) in [5.41, 5.74) is 0.267. The molecule has 2 rings (SSSR count). The molecular formula is C20H41IN4O2. The number of ether oxygens (including phenoxy) is 2. The molecule has 7 heteroatoms. The number of halogens is 1. The van der Waals surface area contributed by atoms with Crippen LogP contribution in [0, 0.1) is 0 Å². The zero-order chi connectivity index (χ0) is 18.5. The minimum Gasteiger partial charge on any atom is -0.381 e. The van der Waals surface area contributed by atoms with Crippen molar-refractivity contribution in [2.45, 2.75) is 63.8 Å². The van der Waals surface area contributed by atoms with E-state index in [0.717, 1.165) is 71.4 Å². The fourth-order valence-electron chi connectivity index (χ4n) is 4.05. The lowest BCUT2D eigenvalue weighted by Crippen LogP contribution is -2.60. The molecule has 0 atom stereocenters. The van der Waals surface area contributed by atoms with Crippen LogP contribution < -0.4 is 10.6 Å². The van der Waals surface area contributed by atoms with Crippen LogP contribution in [-0.2, 0) is 9.47 Å². The van der Waals surface area contributed by atoms with Gasteiger partial charge < -0.3 is 20.1 Å². The molecule has 0 amide bonds. The molecule has 1 saturated carbocycles. The highest BCUT2D eigenvalue weighted by atomic mass is 127. The lowest BCUT2D eigenvalue weighted by molar-refractivity contribution is -0.0352. The summed E-state index contributed by atoms with van der Waals surface area (Å²) in [5.74, 6) is 0.914. The molecule has 2 fully saturated rings. The SMILES string of the molecule is CCCCOCCCNC(=NC)NCC1(N2CCOCC2)CCCCC1.I. The minimum absolute atomic E-state index is 0. The van der Waals surface area contributed by atoms with Gasteiger partial charge in [-0.05, 0) is 25.7 Å². The first kappa shape index (κ1) is 24.9. The predicted octanol–water partition coefficient (Wildman–Crippen LogP) is 3.01. The van der Waals surface area contributed by atoms with Crippen LogP contribution in [0.2, 0.25) is 0 Å². The zero-order valence-electron chi connectivity index (χ0n) is 17.4. The average Bonchev–Trinajstić information content (AvgIpc) is 2.71. The Kier molecular flexibility index (Phi) is 13.7. The molecule has 1 saturated heterocycles. The van der Waals surface area contributed by atoms with Gasteiger partial charge in [-0.2, -0.15) is 0 Å². The number of morpholine rings is 1. The molecule has 0 aromatic carbocycles. The molecule has 1 aliphatic carbocycles. The van der Waals surface area contributed by atoms with Crippen molar-refractivity contribution in [1.82, 2.24) is 15.5 Å². The Morgan fingerprint density at radius 1 is 1.07 bits per heavy atom. The van der Waals surface area contributed by atoms with Crippen LogP contribution >= 0.6 is 24.0 Å². The van der Waals surface area contributed by atoms with Gasteiger partial charge in [0.15, 0.2) is 5.96 Å². The molecule has 0 aromatic heterocycles. The minimum atomic E-state index is 0. The van der Waals surface area contributed by atoms with Crippen molar-refractivity contribution in [1.29, 1.82) is 0 Å². The molecule has 0 bridgehead atoms. The molecule has 2 N–H and O–H groups in total. The van der Waals surface area contributed by atoms with Crippen molar-refractivity contribution in [3.05, 3.63) is 0 Å². The zero-order valence-corrected chi connectivity index (χ0v) is 19.8. The average molecular weight is 496 g/mol. The van der Waals surface area contributed by atoms with Crippen LogP contribution in [0.4, 0.5) is 0 Å². The Balaban J connectivity index is 0.00000364. The van der Waals surface area contributed by atoms with E-state index in [-0.39, 0.29) is 29.5 Å². The van der Waals surface area contributed by atoms with Gasteiger partial charge >= 0.3 is 0 Å². The monoisotopic (exact) mass is 496 g/mol. The van der Waals surface area contributed by atoms with Gasteiger partial charge in [0.25, 0.3) is 0 Å². The van der Waals surface area contributed by atoms with Gasteiger partial charge in [0, 0.05) is 52.0 Å². The highest BCUT2D eigenvalue weighted by molar-refractivity contribution is 14.0. The van der Waals surface area contributed by atoms with E-state index < -0.39 is 0 Å². The second kappa shape index (κ2) is 14.8. The Hall–Kier alpha value is -0.120. The third-order valence-electron chi connectivity index (χ3n) is 5.67. The van der Waals surface area contributed by atoms with Crippen molar-refractivity contribution in [2.24, 2.45) is 4.99 Å². The quantitative estimate of drug-likeness (QED) is 0.211.